The molecule has 0 unspecified atom stereocenters. The van der Waals surface area contributed by atoms with Gasteiger partial charge in [-0.2, -0.15) is 0 Å². The Balaban J connectivity index is 1.80. The number of nitrogens with zero attached hydrogens (tertiary/aromatic N) is 2. The van der Waals surface area contributed by atoms with Crippen molar-refractivity contribution in [2.24, 2.45) is 0 Å². The Labute approximate surface area is 187 Å². The van der Waals surface area contributed by atoms with Gasteiger partial charge in [0.2, 0.25) is 5.91 Å². The number of benzene rings is 1. The highest BCUT2D eigenvalue weighted by atomic mass is 16.5. The van der Waals surface area contributed by atoms with Crippen molar-refractivity contribution in [1.29, 1.82) is 0 Å². The second kappa shape index (κ2) is 10.3. The molecule has 1 aromatic heterocycles. The van der Waals surface area contributed by atoms with E-state index in [4.69, 9.17) is 14.2 Å². The maximum atomic E-state index is 12.8. The number of carbonyl (C=O) groups excluding carboxylic acids is 3. The summed E-state index contributed by atoms with van der Waals surface area (Å²) in [5, 5.41) is 2.80. The van der Waals surface area contributed by atoms with Gasteiger partial charge in [-0.1, -0.05) is 0 Å². The number of nitrogens with one attached hydrogen (secondary N) is 1. The number of morpholine rings is 1. The Morgan fingerprint density at radius 1 is 1.06 bits per heavy atom. The average molecular weight is 444 g/mol. The quantitative estimate of drug-likeness (QED) is 0.657. The van der Waals surface area contributed by atoms with Gasteiger partial charge in [0, 0.05) is 30.2 Å². The van der Waals surface area contributed by atoms with Crippen LogP contribution in [0.2, 0.25) is 0 Å². The zero-order valence-electron chi connectivity index (χ0n) is 18.9. The van der Waals surface area contributed by atoms with Crippen molar-refractivity contribution in [3.05, 3.63) is 46.8 Å². The van der Waals surface area contributed by atoms with Crippen LogP contribution >= 0.6 is 0 Å². The van der Waals surface area contributed by atoms with E-state index in [0.29, 0.717) is 30.2 Å². The highest BCUT2D eigenvalue weighted by Crippen LogP contribution is 2.25. The van der Waals surface area contributed by atoms with Gasteiger partial charge < -0.3 is 29.0 Å². The van der Waals surface area contributed by atoms with E-state index in [0.717, 1.165) is 24.5 Å². The molecule has 0 aliphatic carbocycles. The fraction of sp³-hybridized carbons (Fsp3) is 0.435. The molecule has 2 heterocycles. The largest absolute Gasteiger partial charge is 0.465 e. The lowest BCUT2D eigenvalue weighted by Gasteiger charge is -2.29. The van der Waals surface area contributed by atoms with E-state index < -0.39 is 11.9 Å². The van der Waals surface area contributed by atoms with Gasteiger partial charge in [0.15, 0.2) is 0 Å². The van der Waals surface area contributed by atoms with Crippen molar-refractivity contribution in [1.82, 2.24) is 4.57 Å². The fourth-order valence-electron chi connectivity index (χ4n) is 3.73. The summed E-state index contributed by atoms with van der Waals surface area (Å²) in [6, 6.07) is 6.99. The number of hydrogen-bond acceptors (Lipinski definition) is 7. The lowest BCUT2D eigenvalue weighted by molar-refractivity contribution is -0.116. The standard InChI is InChI=1S/C23H29N3O6/c1-5-32-23(29)18-12-15(2)26(16(18)3)14-21(27)24-20-7-6-17(13-19(20)22(28)30-4)25-8-10-31-11-9-25/h6-7,12-13H,5,8-11,14H2,1-4H3,(H,24,27). The number of anilines is 2. The van der Waals surface area contributed by atoms with Crippen molar-refractivity contribution >= 4 is 29.2 Å². The van der Waals surface area contributed by atoms with E-state index in [-0.39, 0.29) is 24.6 Å². The Morgan fingerprint density at radius 2 is 1.78 bits per heavy atom. The molecule has 1 saturated heterocycles. The number of methoxy groups -OCH3 is 1. The van der Waals surface area contributed by atoms with Gasteiger partial charge in [0.05, 0.1) is 43.7 Å². The summed E-state index contributed by atoms with van der Waals surface area (Å²) < 4.78 is 17.1. The van der Waals surface area contributed by atoms with Gasteiger partial charge in [-0.15, -0.1) is 0 Å². The number of amides is 1. The van der Waals surface area contributed by atoms with E-state index >= 15 is 0 Å². The molecule has 172 valence electrons. The van der Waals surface area contributed by atoms with Crippen LogP contribution in [0.1, 0.15) is 39.0 Å². The molecule has 9 heteroatoms. The van der Waals surface area contributed by atoms with Gasteiger partial charge in [0.1, 0.15) is 6.54 Å². The lowest BCUT2D eigenvalue weighted by atomic mass is 10.1. The van der Waals surface area contributed by atoms with Crippen LogP contribution in [-0.2, 0) is 25.5 Å². The number of rotatable bonds is 7. The van der Waals surface area contributed by atoms with Gasteiger partial charge in [-0.3, -0.25) is 4.79 Å². The van der Waals surface area contributed by atoms with Gasteiger partial charge >= 0.3 is 11.9 Å². The molecular formula is C23H29N3O6. The van der Waals surface area contributed by atoms with E-state index in [9.17, 15) is 14.4 Å². The summed E-state index contributed by atoms with van der Waals surface area (Å²) in [4.78, 5) is 39.4. The minimum atomic E-state index is -0.534. The summed E-state index contributed by atoms with van der Waals surface area (Å²) in [6.45, 7) is 8.29. The van der Waals surface area contributed by atoms with Gasteiger partial charge in [0.25, 0.3) is 0 Å². The third-order valence-corrected chi connectivity index (χ3v) is 5.43. The van der Waals surface area contributed by atoms with Crippen LogP contribution in [0, 0.1) is 13.8 Å². The monoisotopic (exact) mass is 443 g/mol. The highest BCUT2D eigenvalue weighted by molar-refractivity contribution is 6.02. The molecule has 1 aliphatic rings. The van der Waals surface area contributed by atoms with Gasteiger partial charge in [-0.05, 0) is 45.0 Å². The maximum absolute atomic E-state index is 12.8. The number of esters is 2. The lowest BCUT2D eigenvalue weighted by Crippen LogP contribution is -2.36. The second-order valence-electron chi connectivity index (χ2n) is 7.46. The number of carbonyl (C=O) groups is 3. The predicted molar refractivity (Wildman–Crippen MR) is 119 cm³/mol. The van der Waals surface area contributed by atoms with Crippen molar-refractivity contribution in [3.63, 3.8) is 0 Å². The number of aromatic nitrogens is 1. The molecule has 1 aromatic carbocycles. The van der Waals surface area contributed by atoms with Gasteiger partial charge in [-0.25, -0.2) is 9.59 Å². The molecule has 0 atom stereocenters. The first-order chi connectivity index (χ1) is 15.3. The molecule has 3 rings (SSSR count). The molecule has 0 saturated carbocycles. The molecular weight excluding hydrogens is 414 g/mol. The van der Waals surface area contributed by atoms with Crippen LogP contribution in [0.4, 0.5) is 11.4 Å². The van der Waals surface area contributed by atoms with E-state index in [2.05, 4.69) is 10.2 Å². The molecule has 1 N–H and O–H groups in total. The summed E-state index contributed by atoms with van der Waals surface area (Å²) in [6.07, 6.45) is 0. The second-order valence-corrected chi connectivity index (χ2v) is 7.46. The zero-order valence-corrected chi connectivity index (χ0v) is 18.9. The summed E-state index contributed by atoms with van der Waals surface area (Å²) >= 11 is 0. The number of ether oxygens (including phenoxy) is 3. The van der Waals surface area contributed by atoms with E-state index in [1.807, 2.05) is 13.0 Å². The fourth-order valence-corrected chi connectivity index (χ4v) is 3.73. The molecule has 0 bridgehead atoms. The molecule has 1 fully saturated rings. The van der Waals surface area contributed by atoms with Crippen molar-refractivity contribution in [2.75, 3.05) is 50.2 Å². The van der Waals surface area contributed by atoms with Crippen LogP contribution in [0.5, 0.6) is 0 Å². The normalized spacial score (nSPS) is 13.6. The van der Waals surface area contributed by atoms with Crippen molar-refractivity contribution in [2.45, 2.75) is 27.3 Å². The van der Waals surface area contributed by atoms with E-state index in [1.54, 1.807) is 36.6 Å². The molecule has 1 amide bonds. The van der Waals surface area contributed by atoms with Crippen molar-refractivity contribution < 1.29 is 28.6 Å². The molecule has 2 aromatic rings. The van der Waals surface area contributed by atoms with Crippen LogP contribution in [0.25, 0.3) is 0 Å². The van der Waals surface area contributed by atoms with Crippen LogP contribution in [0.15, 0.2) is 24.3 Å². The first kappa shape index (κ1) is 23.3. The summed E-state index contributed by atoms with van der Waals surface area (Å²) in [5.74, 6) is -1.28. The SMILES string of the molecule is CCOC(=O)c1cc(C)n(CC(=O)Nc2ccc(N3CCOCC3)cc2C(=O)OC)c1C. The average Bonchev–Trinajstić information content (AvgIpc) is 3.08. The zero-order chi connectivity index (χ0) is 23.3. The topological polar surface area (TPSA) is 99.1 Å². The van der Waals surface area contributed by atoms with Crippen LogP contribution < -0.4 is 10.2 Å². The summed E-state index contributed by atoms with van der Waals surface area (Å²) in [7, 11) is 1.30. The maximum Gasteiger partial charge on any atom is 0.340 e. The first-order valence-electron chi connectivity index (χ1n) is 10.5. The Kier molecular flexibility index (Phi) is 7.53. The van der Waals surface area contributed by atoms with Crippen molar-refractivity contribution in [3.8, 4) is 0 Å². The van der Waals surface area contributed by atoms with Crippen LogP contribution in [0.3, 0.4) is 0 Å². The molecule has 9 nitrogen and oxygen atoms in total. The Morgan fingerprint density at radius 3 is 2.44 bits per heavy atom. The van der Waals surface area contributed by atoms with E-state index in [1.165, 1.54) is 7.11 Å². The molecule has 32 heavy (non-hydrogen) atoms. The highest BCUT2D eigenvalue weighted by Gasteiger charge is 2.21. The molecule has 1 aliphatic heterocycles. The molecule has 0 spiro atoms. The predicted octanol–water partition coefficient (Wildman–Crippen LogP) is 2.54. The molecule has 0 radical (unpaired) electrons. The smallest absolute Gasteiger partial charge is 0.340 e. The number of aryl methyl sites for hydroxylation is 1. The first-order valence-corrected chi connectivity index (χ1v) is 10.5. The van der Waals surface area contributed by atoms with Crippen LogP contribution in [-0.4, -0.2) is 62.4 Å². The minimum absolute atomic E-state index is 0.0110. The number of hydrogen-bond donors (Lipinski definition) is 1. The third kappa shape index (κ3) is 5.11. The Bertz CT molecular complexity index is 1010. The summed E-state index contributed by atoms with van der Waals surface area (Å²) in [5.41, 5.74) is 3.35. The minimum Gasteiger partial charge on any atom is -0.465 e. The Hall–Kier alpha value is -3.33. The third-order valence-electron chi connectivity index (χ3n) is 5.43.